The van der Waals surface area contributed by atoms with E-state index in [0.29, 0.717) is 6.42 Å². The molecule has 0 aromatic heterocycles. The molecule has 1 fully saturated rings. The molecule has 2 heteroatoms. The first-order valence-corrected chi connectivity index (χ1v) is 4.34. The molecule has 11 heavy (non-hydrogen) atoms. The minimum Gasteiger partial charge on any atom is -0.382 e. The van der Waals surface area contributed by atoms with Crippen LogP contribution in [0.25, 0.3) is 0 Å². The summed E-state index contributed by atoms with van der Waals surface area (Å²) in [6.45, 7) is 3.68. The summed E-state index contributed by atoms with van der Waals surface area (Å²) in [6.07, 6.45) is 3.41. The minimum absolute atomic E-state index is 0.0237. The maximum absolute atomic E-state index is 11.2. The van der Waals surface area contributed by atoms with Crippen molar-refractivity contribution in [3.8, 4) is 0 Å². The molecule has 64 valence electrons. The largest absolute Gasteiger partial charge is 0.382 e. The third kappa shape index (κ3) is 1.45. The van der Waals surface area contributed by atoms with E-state index < -0.39 is 5.60 Å². The SMILES string of the molecule is CCC1CCCC(=O)C1(C)O. The number of hydrogen-bond acceptors (Lipinski definition) is 2. The Morgan fingerprint density at radius 3 is 2.82 bits per heavy atom. The third-order valence-corrected chi connectivity index (χ3v) is 2.81. The van der Waals surface area contributed by atoms with E-state index in [4.69, 9.17) is 0 Å². The topological polar surface area (TPSA) is 37.3 Å². The normalized spacial score (nSPS) is 39.2. The van der Waals surface area contributed by atoms with Crippen molar-refractivity contribution in [2.45, 2.75) is 45.1 Å². The number of ketones is 1. The number of carbonyl (C=O) groups is 1. The van der Waals surface area contributed by atoms with Gasteiger partial charge in [0.2, 0.25) is 0 Å². The first-order chi connectivity index (χ1) is 5.09. The standard InChI is InChI=1S/C9H16O2/c1-3-7-5-4-6-8(10)9(7,2)11/h7,11H,3-6H2,1-2H3. The molecule has 0 radical (unpaired) electrons. The van der Waals surface area contributed by atoms with Gasteiger partial charge in [-0.3, -0.25) is 4.79 Å². The van der Waals surface area contributed by atoms with Gasteiger partial charge in [0.15, 0.2) is 5.78 Å². The Labute approximate surface area is 67.6 Å². The lowest BCUT2D eigenvalue weighted by Gasteiger charge is -2.34. The van der Waals surface area contributed by atoms with Crippen LogP contribution in [0.15, 0.2) is 0 Å². The van der Waals surface area contributed by atoms with Crippen LogP contribution in [0.5, 0.6) is 0 Å². The van der Waals surface area contributed by atoms with Crippen molar-refractivity contribution in [2.24, 2.45) is 5.92 Å². The number of hydrogen-bond donors (Lipinski definition) is 1. The fourth-order valence-electron chi connectivity index (χ4n) is 1.87. The van der Waals surface area contributed by atoms with E-state index in [2.05, 4.69) is 0 Å². The molecule has 1 saturated carbocycles. The smallest absolute Gasteiger partial charge is 0.164 e. The zero-order valence-corrected chi connectivity index (χ0v) is 7.26. The molecule has 1 aliphatic rings. The second kappa shape index (κ2) is 2.94. The second-order valence-corrected chi connectivity index (χ2v) is 3.57. The van der Waals surface area contributed by atoms with E-state index in [1.165, 1.54) is 0 Å². The van der Waals surface area contributed by atoms with Gasteiger partial charge in [-0.15, -0.1) is 0 Å². The van der Waals surface area contributed by atoms with Crippen molar-refractivity contribution in [3.63, 3.8) is 0 Å². The zero-order chi connectivity index (χ0) is 8.48. The quantitative estimate of drug-likeness (QED) is 0.625. The van der Waals surface area contributed by atoms with Gasteiger partial charge in [-0.05, 0) is 25.7 Å². The predicted octanol–water partition coefficient (Wildman–Crippen LogP) is 1.52. The van der Waals surface area contributed by atoms with E-state index in [1.54, 1.807) is 6.92 Å². The molecule has 0 amide bonds. The molecule has 0 bridgehead atoms. The van der Waals surface area contributed by atoms with Crippen LogP contribution in [0.4, 0.5) is 0 Å². The molecule has 2 nitrogen and oxygen atoms in total. The lowest BCUT2D eigenvalue weighted by atomic mass is 9.74. The molecule has 2 atom stereocenters. The highest BCUT2D eigenvalue weighted by molar-refractivity contribution is 5.87. The molecule has 1 N–H and O–H groups in total. The Kier molecular flexibility index (Phi) is 2.33. The zero-order valence-electron chi connectivity index (χ0n) is 7.26. The van der Waals surface area contributed by atoms with Crippen molar-refractivity contribution in [1.82, 2.24) is 0 Å². The summed E-state index contributed by atoms with van der Waals surface area (Å²) >= 11 is 0. The van der Waals surface area contributed by atoms with Crippen LogP contribution in [0, 0.1) is 5.92 Å². The van der Waals surface area contributed by atoms with Crippen LogP contribution in [0.3, 0.4) is 0 Å². The van der Waals surface area contributed by atoms with Gasteiger partial charge in [-0.25, -0.2) is 0 Å². The molecule has 0 spiro atoms. The van der Waals surface area contributed by atoms with Crippen LogP contribution in [-0.4, -0.2) is 16.5 Å². The van der Waals surface area contributed by atoms with Crippen molar-refractivity contribution >= 4 is 5.78 Å². The second-order valence-electron chi connectivity index (χ2n) is 3.57. The van der Waals surface area contributed by atoms with E-state index in [-0.39, 0.29) is 11.7 Å². The molecule has 1 rings (SSSR count). The number of carbonyl (C=O) groups excluding carboxylic acids is 1. The van der Waals surface area contributed by atoms with E-state index >= 15 is 0 Å². The van der Waals surface area contributed by atoms with Gasteiger partial charge in [0.25, 0.3) is 0 Å². The van der Waals surface area contributed by atoms with Crippen LogP contribution in [0.2, 0.25) is 0 Å². The van der Waals surface area contributed by atoms with Gasteiger partial charge in [0.05, 0.1) is 0 Å². The molecule has 0 saturated heterocycles. The van der Waals surface area contributed by atoms with Gasteiger partial charge in [-0.1, -0.05) is 13.3 Å². The Morgan fingerprint density at radius 1 is 1.73 bits per heavy atom. The maximum Gasteiger partial charge on any atom is 0.164 e. The van der Waals surface area contributed by atoms with E-state index in [9.17, 15) is 9.90 Å². The average Bonchev–Trinajstić information content (AvgIpc) is 1.95. The van der Waals surface area contributed by atoms with Gasteiger partial charge in [0, 0.05) is 6.42 Å². The highest BCUT2D eigenvalue weighted by atomic mass is 16.3. The Morgan fingerprint density at radius 2 is 2.36 bits per heavy atom. The number of Topliss-reactive ketones (excluding diaryl/α,β-unsaturated/α-hetero) is 1. The first kappa shape index (κ1) is 8.72. The van der Waals surface area contributed by atoms with E-state index in [1.807, 2.05) is 6.92 Å². The molecule has 1 aliphatic carbocycles. The summed E-state index contributed by atoms with van der Waals surface area (Å²) in [5, 5.41) is 9.75. The summed E-state index contributed by atoms with van der Waals surface area (Å²) in [5.74, 6) is 0.208. The van der Waals surface area contributed by atoms with E-state index in [0.717, 1.165) is 19.3 Å². The monoisotopic (exact) mass is 156 g/mol. The summed E-state index contributed by atoms with van der Waals surface area (Å²) in [7, 11) is 0. The van der Waals surface area contributed by atoms with Crippen molar-refractivity contribution in [3.05, 3.63) is 0 Å². The summed E-state index contributed by atoms with van der Waals surface area (Å²) in [6, 6.07) is 0. The lowest BCUT2D eigenvalue weighted by Crippen LogP contribution is -2.45. The molecule has 2 unspecified atom stereocenters. The Hall–Kier alpha value is -0.370. The van der Waals surface area contributed by atoms with Crippen LogP contribution < -0.4 is 0 Å². The average molecular weight is 156 g/mol. The van der Waals surface area contributed by atoms with Gasteiger partial charge in [-0.2, -0.15) is 0 Å². The van der Waals surface area contributed by atoms with Crippen molar-refractivity contribution in [2.75, 3.05) is 0 Å². The van der Waals surface area contributed by atoms with Crippen LogP contribution >= 0.6 is 0 Å². The highest BCUT2D eigenvalue weighted by Gasteiger charge is 2.40. The van der Waals surface area contributed by atoms with Crippen LogP contribution in [0.1, 0.15) is 39.5 Å². The predicted molar refractivity (Wildman–Crippen MR) is 43.3 cm³/mol. The summed E-state index contributed by atoms with van der Waals surface area (Å²) < 4.78 is 0. The molecule has 0 heterocycles. The molecule has 0 aromatic rings. The fourth-order valence-corrected chi connectivity index (χ4v) is 1.87. The van der Waals surface area contributed by atoms with Crippen LogP contribution in [-0.2, 0) is 4.79 Å². The number of rotatable bonds is 1. The highest BCUT2D eigenvalue weighted by Crippen LogP contribution is 2.32. The molecule has 0 aromatic carbocycles. The van der Waals surface area contributed by atoms with Gasteiger partial charge < -0.3 is 5.11 Å². The molecule has 0 aliphatic heterocycles. The Bertz CT molecular complexity index is 161. The first-order valence-electron chi connectivity index (χ1n) is 4.34. The molecular formula is C9H16O2. The van der Waals surface area contributed by atoms with Gasteiger partial charge in [0.1, 0.15) is 5.60 Å². The lowest BCUT2D eigenvalue weighted by molar-refractivity contribution is -0.145. The number of aliphatic hydroxyl groups is 1. The van der Waals surface area contributed by atoms with Crippen molar-refractivity contribution in [1.29, 1.82) is 0 Å². The summed E-state index contributed by atoms with van der Waals surface area (Å²) in [4.78, 5) is 11.2. The maximum atomic E-state index is 11.2. The summed E-state index contributed by atoms with van der Waals surface area (Å²) in [5.41, 5.74) is -1.03. The Balaban J connectivity index is 2.72. The van der Waals surface area contributed by atoms with Gasteiger partial charge >= 0.3 is 0 Å². The fraction of sp³-hybridized carbons (Fsp3) is 0.889. The third-order valence-electron chi connectivity index (χ3n) is 2.81. The minimum atomic E-state index is -1.03. The van der Waals surface area contributed by atoms with Crippen molar-refractivity contribution < 1.29 is 9.90 Å². The molecular weight excluding hydrogens is 140 g/mol.